The van der Waals surface area contributed by atoms with E-state index in [0.29, 0.717) is 5.56 Å². The molecule has 1 aromatic carbocycles. The number of halogens is 2. The molecule has 2 unspecified atom stereocenters. The van der Waals surface area contributed by atoms with Crippen LogP contribution in [0.2, 0.25) is 0 Å². The minimum atomic E-state index is -1.59. The van der Waals surface area contributed by atoms with E-state index in [1.165, 1.54) is 35.4 Å². The Morgan fingerprint density at radius 3 is 2.89 bits per heavy atom. The number of nitrogens with one attached hydrogen (secondary N) is 1. The minimum Gasteiger partial charge on any atom is -0.383 e. The van der Waals surface area contributed by atoms with Crippen molar-refractivity contribution in [2.75, 3.05) is 18.4 Å². The maximum Gasteiger partial charge on any atom is 0.255 e. The summed E-state index contributed by atoms with van der Waals surface area (Å²) in [6, 6.07) is 9.17. The highest BCUT2D eigenvalue weighted by Gasteiger charge is 2.47. The highest BCUT2D eigenvalue weighted by molar-refractivity contribution is 6.04. The van der Waals surface area contributed by atoms with Crippen molar-refractivity contribution in [2.24, 2.45) is 10.7 Å². The molecule has 1 aromatic heterocycles. The predicted octanol–water partition coefficient (Wildman–Crippen LogP) is 1.80. The van der Waals surface area contributed by atoms with Gasteiger partial charge in [0.2, 0.25) is 0 Å². The Labute approximate surface area is 159 Å². The zero-order valence-electron chi connectivity index (χ0n) is 14.7. The lowest BCUT2D eigenvalue weighted by atomic mass is 9.91. The smallest absolute Gasteiger partial charge is 0.255 e. The zero-order chi connectivity index (χ0) is 19.9. The molecule has 0 aliphatic carbocycles. The first-order valence-electron chi connectivity index (χ1n) is 8.65. The first kappa shape index (κ1) is 17.9. The number of anilines is 1. The number of alkyl halides is 1. The monoisotopic (exact) mass is 382 g/mol. The summed E-state index contributed by atoms with van der Waals surface area (Å²) in [6.07, 6.45) is -0.181. The van der Waals surface area contributed by atoms with E-state index in [2.05, 4.69) is 15.3 Å². The Morgan fingerprint density at radius 2 is 2.21 bits per heavy atom. The number of benzene rings is 1. The summed E-state index contributed by atoms with van der Waals surface area (Å²) in [5.41, 5.74) is 5.50. The van der Waals surface area contributed by atoms with Gasteiger partial charge in [0.05, 0.1) is 17.8 Å². The Morgan fingerprint density at radius 1 is 1.39 bits per heavy atom. The van der Waals surface area contributed by atoms with Crippen LogP contribution in [0.4, 0.5) is 14.5 Å². The average molecular weight is 382 g/mol. The summed E-state index contributed by atoms with van der Waals surface area (Å²) < 4.78 is 29.4. The van der Waals surface area contributed by atoms with E-state index in [1.54, 1.807) is 6.07 Å². The van der Waals surface area contributed by atoms with Crippen LogP contribution in [-0.2, 0) is 0 Å². The summed E-state index contributed by atoms with van der Waals surface area (Å²) in [7, 11) is 0. The summed E-state index contributed by atoms with van der Waals surface area (Å²) in [6.45, 7) is -0.0286. The number of piperidine rings is 1. The fraction of sp³-hybridized carbons (Fsp3) is 0.263. The molecule has 1 fully saturated rings. The van der Waals surface area contributed by atoms with E-state index >= 15 is 4.39 Å². The number of nitriles is 1. The number of hydrogen-bond donors (Lipinski definition) is 2. The van der Waals surface area contributed by atoms with Gasteiger partial charge in [-0.25, -0.2) is 18.8 Å². The number of carbonyl (C=O) groups is 1. The Kier molecular flexibility index (Phi) is 4.19. The van der Waals surface area contributed by atoms with Gasteiger partial charge in [0.1, 0.15) is 23.4 Å². The molecular weight excluding hydrogens is 366 g/mol. The zero-order valence-corrected chi connectivity index (χ0v) is 14.7. The van der Waals surface area contributed by atoms with E-state index in [9.17, 15) is 9.18 Å². The summed E-state index contributed by atoms with van der Waals surface area (Å²) in [4.78, 5) is 22.1. The highest BCUT2D eigenvalue weighted by atomic mass is 19.1. The lowest BCUT2D eigenvalue weighted by Gasteiger charge is -2.44. The highest BCUT2D eigenvalue weighted by Crippen LogP contribution is 2.37. The number of aliphatic imine (C=N–C) groups is 1. The SMILES string of the molecule is N#Cc1ccc(C(=O)N2CCC3(N=C(N)c4cccc(F)c4N3)C(F)C2)cn1. The van der Waals surface area contributed by atoms with Gasteiger partial charge in [-0.2, -0.15) is 5.26 Å². The summed E-state index contributed by atoms with van der Waals surface area (Å²) >= 11 is 0. The molecule has 2 aliphatic heterocycles. The van der Waals surface area contributed by atoms with Crippen molar-refractivity contribution in [2.45, 2.75) is 18.3 Å². The number of likely N-dealkylation sites (tertiary alicyclic amines) is 1. The maximum absolute atomic E-state index is 15.2. The molecule has 0 bridgehead atoms. The molecule has 142 valence electrons. The number of hydrogen-bond acceptors (Lipinski definition) is 6. The number of rotatable bonds is 1. The van der Waals surface area contributed by atoms with Crippen LogP contribution in [0.15, 0.2) is 41.5 Å². The van der Waals surface area contributed by atoms with E-state index in [1.807, 2.05) is 6.07 Å². The summed E-state index contributed by atoms with van der Waals surface area (Å²) in [5.74, 6) is -0.870. The van der Waals surface area contributed by atoms with E-state index in [4.69, 9.17) is 11.0 Å². The third kappa shape index (κ3) is 2.83. The molecule has 1 saturated heterocycles. The van der Waals surface area contributed by atoms with Crippen LogP contribution in [0.3, 0.4) is 0 Å². The third-order valence-corrected chi connectivity index (χ3v) is 5.02. The number of amides is 1. The van der Waals surface area contributed by atoms with Crippen molar-refractivity contribution in [1.82, 2.24) is 9.88 Å². The molecule has 28 heavy (non-hydrogen) atoms. The van der Waals surface area contributed by atoms with Gasteiger partial charge in [-0.05, 0) is 24.3 Å². The first-order valence-corrected chi connectivity index (χ1v) is 8.65. The predicted molar refractivity (Wildman–Crippen MR) is 97.8 cm³/mol. The van der Waals surface area contributed by atoms with Crippen LogP contribution >= 0.6 is 0 Å². The average Bonchev–Trinajstić information content (AvgIpc) is 2.71. The minimum absolute atomic E-state index is 0.0620. The van der Waals surface area contributed by atoms with Crippen molar-refractivity contribution in [3.8, 4) is 6.07 Å². The largest absolute Gasteiger partial charge is 0.383 e. The molecule has 1 amide bonds. The Hall–Kier alpha value is -3.54. The van der Waals surface area contributed by atoms with Crippen LogP contribution in [0.5, 0.6) is 0 Å². The molecule has 0 saturated carbocycles. The Balaban J connectivity index is 1.56. The van der Waals surface area contributed by atoms with E-state index < -0.39 is 23.6 Å². The van der Waals surface area contributed by atoms with Gasteiger partial charge in [0, 0.05) is 24.7 Å². The number of nitrogens with two attached hydrogens (primary N) is 1. The van der Waals surface area contributed by atoms with Crippen molar-refractivity contribution in [3.05, 3.63) is 59.2 Å². The molecule has 2 atom stereocenters. The standard InChI is InChI=1S/C19H16F2N6O/c20-14-3-1-2-13-16(14)25-19(26-17(13)23)6-7-27(10-15(19)21)18(28)11-4-5-12(8-22)24-9-11/h1-5,9,15,25H,6-7,10H2,(H2,23,26). The van der Waals surface area contributed by atoms with E-state index in [0.717, 1.165) is 0 Å². The van der Waals surface area contributed by atoms with Crippen LogP contribution in [0.1, 0.15) is 28.0 Å². The Bertz CT molecular complexity index is 1020. The second-order valence-electron chi connectivity index (χ2n) is 6.72. The van der Waals surface area contributed by atoms with Gasteiger partial charge in [-0.1, -0.05) is 6.07 Å². The second kappa shape index (κ2) is 6.56. The van der Waals surface area contributed by atoms with Crippen molar-refractivity contribution in [1.29, 1.82) is 5.26 Å². The number of para-hydroxylation sites is 1. The molecule has 1 spiro atoms. The first-order chi connectivity index (χ1) is 13.4. The third-order valence-electron chi connectivity index (χ3n) is 5.02. The molecular formula is C19H16F2N6O. The molecule has 2 aliphatic rings. The number of carbonyl (C=O) groups excluding carboxylic acids is 1. The topological polar surface area (TPSA) is 107 Å². The number of amidine groups is 1. The molecule has 7 nitrogen and oxygen atoms in total. The fourth-order valence-electron chi connectivity index (χ4n) is 3.50. The number of aromatic nitrogens is 1. The van der Waals surface area contributed by atoms with Crippen LogP contribution < -0.4 is 11.1 Å². The van der Waals surface area contributed by atoms with Crippen molar-refractivity contribution in [3.63, 3.8) is 0 Å². The number of fused-ring (bicyclic) bond motifs is 1. The van der Waals surface area contributed by atoms with Gasteiger partial charge in [-0.3, -0.25) is 4.79 Å². The van der Waals surface area contributed by atoms with Gasteiger partial charge < -0.3 is 16.0 Å². The number of nitrogens with zero attached hydrogens (tertiary/aromatic N) is 4. The molecule has 0 radical (unpaired) electrons. The fourth-order valence-corrected chi connectivity index (χ4v) is 3.50. The lowest BCUT2D eigenvalue weighted by Crippen LogP contribution is -2.60. The molecule has 3 N–H and O–H groups in total. The van der Waals surface area contributed by atoms with E-state index in [-0.39, 0.29) is 42.3 Å². The van der Waals surface area contributed by atoms with Gasteiger partial charge in [-0.15, -0.1) is 0 Å². The van der Waals surface area contributed by atoms with Crippen LogP contribution in [-0.4, -0.2) is 46.6 Å². The van der Waals surface area contributed by atoms with Crippen LogP contribution in [0.25, 0.3) is 0 Å². The quantitative estimate of drug-likeness (QED) is 0.782. The molecule has 2 aromatic rings. The molecule has 9 heteroatoms. The number of pyridine rings is 1. The summed E-state index contributed by atoms with van der Waals surface area (Å²) in [5, 5.41) is 11.7. The second-order valence-corrected chi connectivity index (χ2v) is 6.72. The van der Waals surface area contributed by atoms with Gasteiger partial charge in [0.25, 0.3) is 5.91 Å². The van der Waals surface area contributed by atoms with Crippen molar-refractivity contribution >= 4 is 17.4 Å². The molecule has 3 heterocycles. The van der Waals surface area contributed by atoms with Crippen LogP contribution in [0, 0.1) is 17.1 Å². The molecule has 4 rings (SSSR count). The van der Waals surface area contributed by atoms with Gasteiger partial charge >= 0.3 is 0 Å². The lowest BCUT2D eigenvalue weighted by molar-refractivity contribution is 0.0493. The normalized spacial score (nSPS) is 23.4. The van der Waals surface area contributed by atoms with Gasteiger partial charge in [0.15, 0.2) is 11.8 Å². The maximum atomic E-state index is 15.2. The van der Waals surface area contributed by atoms with Crippen molar-refractivity contribution < 1.29 is 13.6 Å².